The Morgan fingerprint density at radius 1 is 1.05 bits per heavy atom. The molecule has 2 N–H and O–H groups in total. The molecule has 6 heteroatoms. The molecule has 1 aliphatic carbocycles. The summed E-state index contributed by atoms with van der Waals surface area (Å²) >= 11 is 8.26. The molecule has 4 aromatic rings. The van der Waals surface area contributed by atoms with Crippen LogP contribution >= 0.6 is 23.4 Å². The zero-order valence-electron chi connectivity index (χ0n) is 23.9. The van der Waals surface area contributed by atoms with Crippen LogP contribution in [0.25, 0.3) is 23.1 Å². The minimum atomic E-state index is -0.833. The number of thioether (sulfide) groups is 1. The summed E-state index contributed by atoms with van der Waals surface area (Å²) in [5, 5.41) is 20.3. The van der Waals surface area contributed by atoms with Gasteiger partial charge in [0.1, 0.15) is 0 Å². The molecule has 0 unspecified atom stereocenters. The van der Waals surface area contributed by atoms with Crippen LogP contribution < -0.4 is 0 Å². The number of pyridine rings is 1. The minimum absolute atomic E-state index is 0.421. The van der Waals surface area contributed by atoms with Gasteiger partial charge in [0.25, 0.3) is 5.97 Å². The summed E-state index contributed by atoms with van der Waals surface area (Å²) in [4.78, 5) is 13.8. The standard InChI is InChI=1S/C33H34ClNOS.C2H4O2/c1-33(2,36)30-9-4-3-7-25(30)15-19-32(37-22-24-10-11-24)27-8-5-6-23(20-27)12-17-29-18-14-26-13-16-28(34)21-31(26)35-29;1-2(3)4/h3-9,12-14,16-18,20-21,24,32,36H,10-11,15,19,22H2,1-2H3;1H3,(H,3,4)/b17-12-;/t32-;/m1./s1. The topological polar surface area (TPSA) is 70.4 Å². The number of nitrogens with zero attached hydrogens (tertiary/aromatic N) is 1. The molecule has 5 rings (SSSR count). The van der Waals surface area contributed by atoms with E-state index in [1.165, 1.54) is 35.3 Å². The van der Waals surface area contributed by atoms with E-state index in [9.17, 15) is 5.11 Å². The summed E-state index contributed by atoms with van der Waals surface area (Å²) in [5.74, 6) is 1.27. The van der Waals surface area contributed by atoms with Gasteiger partial charge in [0.15, 0.2) is 0 Å². The number of aliphatic carboxylic acids is 1. The SMILES string of the molecule is CC(=O)O.CC(C)(O)c1ccccc1CC[C@@H](SCC1CC1)c1cccc(/C=C\c2ccc3ccc(Cl)cc3n2)c1. The van der Waals surface area contributed by atoms with Gasteiger partial charge in [-0.3, -0.25) is 4.79 Å². The maximum Gasteiger partial charge on any atom is 0.300 e. The van der Waals surface area contributed by atoms with Crippen molar-refractivity contribution in [1.29, 1.82) is 0 Å². The number of carbonyl (C=O) groups is 1. The molecular formula is C35H38ClNO3S. The molecule has 0 amide bonds. The molecule has 1 saturated carbocycles. The predicted octanol–water partition coefficient (Wildman–Crippen LogP) is 9.19. The molecule has 0 aliphatic heterocycles. The van der Waals surface area contributed by atoms with Gasteiger partial charge in [-0.1, -0.05) is 78.3 Å². The van der Waals surface area contributed by atoms with Gasteiger partial charge in [0.05, 0.1) is 16.8 Å². The van der Waals surface area contributed by atoms with E-state index in [2.05, 4.69) is 72.4 Å². The average Bonchev–Trinajstić information content (AvgIpc) is 3.76. The Labute approximate surface area is 252 Å². The number of hydrogen-bond acceptors (Lipinski definition) is 4. The van der Waals surface area contributed by atoms with Gasteiger partial charge in [-0.15, -0.1) is 0 Å². The molecule has 41 heavy (non-hydrogen) atoms. The first-order valence-electron chi connectivity index (χ1n) is 14.0. The summed E-state index contributed by atoms with van der Waals surface area (Å²) in [6, 6.07) is 27.2. The van der Waals surface area contributed by atoms with E-state index in [1.807, 2.05) is 44.2 Å². The van der Waals surface area contributed by atoms with E-state index in [0.717, 1.165) is 47.8 Å². The first-order valence-corrected chi connectivity index (χ1v) is 15.5. The molecule has 0 bridgehead atoms. The van der Waals surface area contributed by atoms with Crippen molar-refractivity contribution in [2.24, 2.45) is 5.92 Å². The Balaban J connectivity index is 0.000000909. The van der Waals surface area contributed by atoms with Gasteiger partial charge in [-0.2, -0.15) is 11.8 Å². The highest BCUT2D eigenvalue weighted by atomic mass is 35.5. The van der Waals surface area contributed by atoms with Crippen LogP contribution in [0.15, 0.2) is 78.9 Å². The highest BCUT2D eigenvalue weighted by Gasteiger charge is 2.25. The second-order valence-corrected chi connectivity index (χ2v) is 12.8. The number of aliphatic hydroxyl groups is 1. The van der Waals surface area contributed by atoms with Crippen molar-refractivity contribution in [2.75, 3.05) is 5.75 Å². The van der Waals surface area contributed by atoms with Gasteiger partial charge in [-0.05, 0) is 97.7 Å². The fourth-order valence-corrected chi connectivity index (χ4v) is 6.38. The number of carboxylic acid groups (broad SMARTS) is 1. The molecular weight excluding hydrogens is 550 g/mol. The molecule has 1 aromatic heterocycles. The molecule has 0 spiro atoms. The van der Waals surface area contributed by atoms with Gasteiger partial charge >= 0.3 is 0 Å². The van der Waals surface area contributed by atoms with Crippen LogP contribution in [-0.4, -0.2) is 26.9 Å². The van der Waals surface area contributed by atoms with Crippen LogP contribution in [0, 0.1) is 5.92 Å². The Bertz CT molecular complexity index is 1500. The summed E-state index contributed by atoms with van der Waals surface area (Å²) in [7, 11) is 0. The fraction of sp³-hybridized carbons (Fsp3) is 0.314. The molecule has 1 aliphatic rings. The Morgan fingerprint density at radius 3 is 2.51 bits per heavy atom. The normalized spacial score (nSPS) is 14.1. The van der Waals surface area contributed by atoms with E-state index < -0.39 is 11.6 Å². The highest BCUT2D eigenvalue weighted by Crippen LogP contribution is 2.41. The largest absolute Gasteiger partial charge is 0.481 e. The fourth-order valence-electron chi connectivity index (χ4n) is 4.75. The quantitative estimate of drug-likeness (QED) is 0.193. The molecule has 1 fully saturated rings. The molecule has 0 radical (unpaired) electrons. The smallest absolute Gasteiger partial charge is 0.300 e. The van der Waals surface area contributed by atoms with E-state index in [0.29, 0.717) is 10.3 Å². The monoisotopic (exact) mass is 587 g/mol. The van der Waals surface area contributed by atoms with E-state index in [4.69, 9.17) is 26.5 Å². The number of aryl methyl sites for hydroxylation is 1. The Hall–Kier alpha value is -3.12. The number of benzene rings is 3. The summed E-state index contributed by atoms with van der Waals surface area (Å²) in [6.45, 7) is 4.83. The van der Waals surface area contributed by atoms with E-state index in [1.54, 1.807) is 0 Å². The van der Waals surface area contributed by atoms with Crippen LogP contribution in [-0.2, 0) is 16.8 Å². The van der Waals surface area contributed by atoms with Crippen molar-refractivity contribution in [2.45, 2.75) is 57.3 Å². The number of hydrogen-bond donors (Lipinski definition) is 2. The number of halogens is 1. The van der Waals surface area contributed by atoms with Crippen molar-refractivity contribution < 1.29 is 15.0 Å². The Kier molecular flexibility index (Phi) is 10.7. The minimum Gasteiger partial charge on any atom is -0.481 e. The number of fused-ring (bicyclic) bond motifs is 1. The van der Waals surface area contributed by atoms with Crippen LogP contribution in [0.4, 0.5) is 0 Å². The molecule has 1 heterocycles. The summed E-state index contributed by atoms with van der Waals surface area (Å²) < 4.78 is 0. The molecule has 214 valence electrons. The van der Waals surface area contributed by atoms with Crippen LogP contribution in [0.3, 0.4) is 0 Å². The van der Waals surface area contributed by atoms with E-state index in [-0.39, 0.29) is 0 Å². The second kappa shape index (κ2) is 14.2. The van der Waals surface area contributed by atoms with Gasteiger partial charge in [-0.25, -0.2) is 4.98 Å². The zero-order chi connectivity index (χ0) is 29.4. The lowest BCUT2D eigenvalue weighted by Crippen LogP contribution is -2.18. The third kappa shape index (κ3) is 9.74. The second-order valence-electron chi connectivity index (χ2n) is 11.1. The summed E-state index contributed by atoms with van der Waals surface area (Å²) in [6.07, 6.45) is 8.96. The number of rotatable bonds is 10. The van der Waals surface area contributed by atoms with Gasteiger partial charge < -0.3 is 10.2 Å². The Morgan fingerprint density at radius 2 is 1.78 bits per heavy atom. The first-order chi connectivity index (χ1) is 19.6. The van der Waals surface area contributed by atoms with Crippen molar-refractivity contribution in [3.8, 4) is 0 Å². The van der Waals surface area contributed by atoms with Crippen molar-refractivity contribution in [3.63, 3.8) is 0 Å². The van der Waals surface area contributed by atoms with Crippen LogP contribution in [0.2, 0.25) is 5.02 Å². The van der Waals surface area contributed by atoms with Crippen molar-refractivity contribution in [3.05, 3.63) is 112 Å². The number of aromatic nitrogens is 1. The summed E-state index contributed by atoms with van der Waals surface area (Å²) in [5.41, 5.74) is 5.81. The van der Waals surface area contributed by atoms with Crippen LogP contribution in [0.5, 0.6) is 0 Å². The maximum absolute atomic E-state index is 10.7. The van der Waals surface area contributed by atoms with Gasteiger partial charge in [0.2, 0.25) is 0 Å². The molecule has 4 nitrogen and oxygen atoms in total. The van der Waals surface area contributed by atoms with Crippen molar-refractivity contribution in [1.82, 2.24) is 4.98 Å². The van der Waals surface area contributed by atoms with Crippen molar-refractivity contribution >= 4 is 52.4 Å². The zero-order valence-corrected chi connectivity index (χ0v) is 25.5. The van der Waals surface area contributed by atoms with Crippen LogP contribution in [0.1, 0.15) is 73.2 Å². The van der Waals surface area contributed by atoms with E-state index >= 15 is 0 Å². The third-order valence-electron chi connectivity index (χ3n) is 6.99. The lowest BCUT2D eigenvalue weighted by molar-refractivity contribution is -0.134. The highest BCUT2D eigenvalue weighted by molar-refractivity contribution is 7.99. The molecule has 3 aromatic carbocycles. The lowest BCUT2D eigenvalue weighted by atomic mass is 9.90. The van der Waals surface area contributed by atoms with Gasteiger partial charge in [0, 0.05) is 22.6 Å². The number of carboxylic acids is 1. The first kappa shape index (κ1) is 30.8. The third-order valence-corrected chi connectivity index (χ3v) is 8.80. The lowest BCUT2D eigenvalue weighted by Gasteiger charge is -2.23. The molecule has 0 saturated heterocycles. The maximum atomic E-state index is 10.7. The average molecular weight is 588 g/mol. The predicted molar refractivity (Wildman–Crippen MR) is 173 cm³/mol. The molecule has 1 atom stereocenters.